The average molecular weight is 399 g/mol. The van der Waals surface area contributed by atoms with E-state index in [2.05, 4.69) is 0 Å². The van der Waals surface area contributed by atoms with Crippen LogP contribution in [0.15, 0.2) is 24.3 Å². The van der Waals surface area contributed by atoms with E-state index in [-0.39, 0.29) is 24.2 Å². The minimum atomic E-state index is -0.792. The third kappa shape index (κ3) is 9.32. The third-order valence-electron chi connectivity index (χ3n) is 5.62. The van der Waals surface area contributed by atoms with Crippen LogP contribution in [0, 0.1) is 17.8 Å². The second-order valence-corrected chi connectivity index (χ2v) is 7.95. The van der Waals surface area contributed by atoms with Crippen molar-refractivity contribution in [1.82, 2.24) is 0 Å². The predicted molar refractivity (Wildman–Crippen MR) is 109 cm³/mol. The Morgan fingerprint density at radius 3 is 2.61 bits per heavy atom. The lowest BCUT2D eigenvalue weighted by atomic mass is 9.88. The molecule has 0 amide bonds. The van der Waals surface area contributed by atoms with E-state index >= 15 is 0 Å². The monoisotopic (exact) mass is 398 g/mol. The fourth-order valence-electron chi connectivity index (χ4n) is 3.76. The second-order valence-electron chi connectivity index (χ2n) is 7.95. The summed E-state index contributed by atoms with van der Waals surface area (Å²) in [6.07, 6.45) is 11.1. The molecular formula is C22H38O6. The van der Waals surface area contributed by atoms with E-state index < -0.39 is 24.3 Å². The van der Waals surface area contributed by atoms with Gasteiger partial charge in [-0.15, -0.1) is 0 Å². The Bertz CT molecular complexity index is 489. The van der Waals surface area contributed by atoms with Crippen LogP contribution in [0.1, 0.15) is 58.3 Å². The molecule has 0 aromatic carbocycles. The number of carbonyl (C=O) groups is 1. The van der Waals surface area contributed by atoms with E-state index in [1.807, 2.05) is 25.2 Å². The zero-order valence-electron chi connectivity index (χ0n) is 17.2. The van der Waals surface area contributed by atoms with Crippen LogP contribution in [-0.4, -0.2) is 58.4 Å². The first-order valence-corrected chi connectivity index (χ1v) is 10.4. The SMILES string of the molecule is COCCCC[C@H](C)[C@@H](O)/C=C/[C@@H]1[C@@H](C/C=C\CCCC(=O)O)[C@@H](O)C[C@H]1O. The molecule has 1 rings (SSSR count). The van der Waals surface area contributed by atoms with E-state index in [4.69, 9.17) is 9.84 Å². The fraction of sp³-hybridized carbons (Fsp3) is 0.773. The summed E-state index contributed by atoms with van der Waals surface area (Å²) < 4.78 is 5.04. The maximum atomic E-state index is 10.5. The third-order valence-corrected chi connectivity index (χ3v) is 5.62. The summed E-state index contributed by atoms with van der Waals surface area (Å²) in [4.78, 5) is 10.5. The molecular weight excluding hydrogens is 360 g/mol. The number of aliphatic carboxylic acids is 1. The molecule has 1 fully saturated rings. The molecule has 1 saturated carbocycles. The van der Waals surface area contributed by atoms with E-state index in [1.54, 1.807) is 13.2 Å². The van der Waals surface area contributed by atoms with Gasteiger partial charge in [-0.1, -0.05) is 37.6 Å². The van der Waals surface area contributed by atoms with Crippen LogP contribution >= 0.6 is 0 Å². The van der Waals surface area contributed by atoms with Crippen molar-refractivity contribution in [2.45, 2.75) is 76.6 Å². The number of ether oxygens (including phenoxy) is 1. The van der Waals surface area contributed by atoms with Gasteiger partial charge in [-0.3, -0.25) is 4.79 Å². The number of aliphatic hydroxyl groups is 3. The van der Waals surface area contributed by atoms with Crippen molar-refractivity contribution in [1.29, 1.82) is 0 Å². The summed E-state index contributed by atoms with van der Waals surface area (Å²) in [6.45, 7) is 2.75. The number of hydrogen-bond donors (Lipinski definition) is 4. The molecule has 0 unspecified atom stereocenters. The van der Waals surface area contributed by atoms with Crippen molar-refractivity contribution >= 4 is 5.97 Å². The van der Waals surface area contributed by atoms with Gasteiger partial charge in [0.15, 0.2) is 0 Å². The Morgan fingerprint density at radius 1 is 1.18 bits per heavy atom. The molecule has 6 atom stereocenters. The lowest BCUT2D eigenvalue weighted by molar-refractivity contribution is -0.137. The highest BCUT2D eigenvalue weighted by molar-refractivity contribution is 5.66. The van der Waals surface area contributed by atoms with Gasteiger partial charge in [-0.05, 0) is 43.9 Å². The lowest BCUT2D eigenvalue weighted by Gasteiger charge is -2.21. The largest absolute Gasteiger partial charge is 0.481 e. The van der Waals surface area contributed by atoms with Crippen LogP contribution in [-0.2, 0) is 9.53 Å². The minimum Gasteiger partial charge on any atom is -0.481 e. The van der Waals surface area contributed by atoms with Crippen LogP contribution < -0.4 is 0 Å². The van der Waals surface area contributed by atoms with Crippen molar-refractivity contribution < 1.29 is 30.0 Å². The van der Waals surface area contributed by atoms with Gasteiger partial charge in [0.25, 0.3) is 0 Å². The summed E-state index contributed by atoms with van der Waals surface area (Å²) in [5.41, 5.74) is 0. The van der Waals surface area contributed by atoms with Crippen LogP contribution in [0.2, 0.25) is 0 Å². The molecule has 6 heteroatoms. The van der Waals surface area contributed by atoms with Crippen molar-refractivity contribution in [2.24, 2.45) is 17.8 Å². The number of allylic oxidation sites excluding steroid dienone is 2. The minimum absolute atomic E-state index is 0.0915. The smallest absolute Gasteiger partial charge is 0.303 e. The predicted octanol–water partition coefficient (Wildman–Crippen LogP) is 2.92. The van der Waals surface area contributed by atoms with E-state index in [9.17, 15) is 20.1 Å². The molecule has 0 spiro atoms. The Hall–Kier alpha value is -1.21. The number of hydrogen-bond acceptors (Lipinski definition) is 5. The van der Waals surface area contributed by atoms with Crippen molar-refractivity contribution in [3.8, 4) is 0 Å². The Morgan fingerprint density at radius 2 is 1.93 bits per heavy atom. The van der Waals surface area contributed by atoms with E-state index in [0.29, 0.717) is 25.7 Å². The number of methoxy groups -OCH3 is 1. The molecule has 0 aromatic rings. The van der Waals surface area contributed by atoms with E-state index in [0.717, 1.165) is 25.9 Å². The zero-order chi connectivity index (χ0) is 20.9. The van der Waals surface area contributed by atoms with Crippen LogP contribution in [0.25, 0.3) is 0 Å². The molecule has 1 aliphatic carbocycles. The first-order valence-electron chi connectivity index (χ1n) is 10.4. The molecule has 162 valence electrons. The first-order chi connectivity index (χ1) is 13.4. The molecule has 0 bridgehead atoms. The topological polar surface area (TPSA) is 107 Å². The zero-order valence-corrected chi connectivity index (χ0v) is 17.2. The molecule has 0 aromatic heterocycles. The van der Waals surface area contributed by atoms with Gasteiger partial charge in [-0.2, -0.15) is 0 Å². The van der Waals surface area contributed by atoms with Gasteiger partial charge >= 0.3 is 5.97 Å². The summed E-state index contributed by atoms with van der Waals surface area (Å²) in [5, 5.41) is 39.6. The Balaban J connectivity index is 2.49. The fourth-order valence-corrected chi connectivity index (χ4v) is 3.76. The van der Waals surface area contributed by atoms with Crippen LogP contribution in [0.5, 0.6) is 0 Å². The summed E-state index contributed by atoms with van der Waals surface area (Å²) >= 11 is 0. The van der Waals surface area contributed by atoms with Gasteiger partial charge in [0.05, 0.1) is 18.3 Å². The van der Waals surface area contributed by atoms with Gasteiger partial charge in [0.2, 0.25) is 0 Å². The van der Waals surface area contributed by atoms with Gasteiger partial charge < -0.3 is 25.2 Å². The van der Waals surface area contributed by atoms with Crippen LogP contribution in [0.3, 0.4) is 0 Å². The molecule has 0 radical (unpaired) electrons. The number of rotatable bonds is 14. The lowest BCUT2D eigenvalue weighted by Crippen LogP contribution is -2.21. The van der Waals surface area contributed by atoms with Gasteiger partial charge in [-0.25, -0.2) is 0 Å². The van der Waals surface area contributed by atoms with Crippen LogP contribution in [0.4, 0.5) is 0 Å². The highest BCUT2D eigenvalue weighted by atomic mass is 16.5. The highest BCUT2D eigenvalue weighted by Crippen LogP contribution is 2.36. The molecule has 0 aliphatic heterocycles. The Kier molecular flexibility index (Phi) is 12.3. The number of carboxylic acid groups (broad SMARTS) is 1. The molecule has 1 aliphatic rings. The maximum absolute atomic E-state index is 10.5. The van der Waals surface area contributed by atoms with Gasteiger partial charge in [0, 0.05) is 32.5 Å². The second kappa shape index (κ2) is 13.9. The summed E-state index contributed by atoms with van der Waals surface area (Å²) in [5.74, 6) is -0.941. The van der Waals surface area contributed by atoms with Crippen molar-refractivity contribution in [3.63, 3.8) is 0 Å². The first kappa shape index (κ1) is 24.8. The maximum Gasteiger partial charge on any atom is 0.303 e. The summed E-state index contributed by atoms with van der Waals surface area (Å²) in [7, 11) is 1.68. The van der Waals surface area contributed by atoms with Crippen molar-refractivity contribution in [3.05, 3.63) is 24.3 Å². The number of aliphatic hydroxyl groups excluding tert-OH is 3. The van der Waals surface area contributed by atoms with Crippen molar-refractivity contribution in [2.75, 3.05) is 13.7 Å². The quantitative estimate of drug-likeness (QED) is 0.265. The summed E-state index contributed by atoms with van der Waals surface area (Å²) in [6, 6.07) is 0. The highest BCUT2D eigenvalue weighted by Gasteiger charge is 2.39. The average Bonchev–Trinajstić information content (AvgIpc) is 2.91. The number of unbranched alkanes of at least 4 members (excludes halogenated alkanes) is 2. The van der Waals surface area contributed by atoms with Gasteiger partial charge in [0.1, 0.15) is 0 Å². The molecule has 6 nitrogen and oxygen atoms in total. The molecule has 0 heterocycles. The molecule has 4 N–H and O–H groups in total. The van der Waals surface area contributed by atoms with E-state index in [1.165, 1.54) is 0 Å². The number of carboxylic acids is 1. The molecule has 0 saturated heterocycles. The normalized spacial score (nSPS) is 27.6. The molecule has 28 heavy (non-hydrogen) atoms. The standard InChI is InChI=1S/C22H38O6/c1-16(9-7-8-14-28-2)19(23)13-12-18-17(20(24)15-21(18)25)10-5-3-4-6-11-22(26)27/h3,5,12-13,16-21,23-25H,4,6-11,14-15H2,1-2H3,(H,26,27)/b5-3-,13-12+/t16-,17+,18+,19-,20-,21+/m0/s1. The Labute approximate surface area is 168 Å².